The Morgan fingerprint density at radius 1 is 0.750 bits per heavy atom. The molecule has 5 N–H and O–H groups in total. The maximum Gasteiger partial charge on any atom is 0.338 e. The van der Waals surface area contributed by atoms with Gasteiger partial charge in [0.15, 0.2) is 36.3 Å². The first-order valence-corrected chi connectivity index (χ1v) is 18.6. The summed E-state index contributed by atoms with van der Waals surface area (Å²) in [7, 11) is 6.83. The molecule has 0 spiro atoms. The zero-order valence-corrected chi connectivity index (χ0v) is 33.2. The lowest BCUT2D eigenvalue weighted by molar-refractivity contribution is -0.315. The van der Waals surface area contributed by atoms with Gasteiger partial charge in [0.2, 0.25) is 0 Å². The first-order valence-electron chi connectivity index (χ1n) is 18.6. The predicted octanol–water partition coefficient (Wildman–Crippen LogP) is 0.686. The second-order valence-corrected chi connectivity index (χ2v) is 14.3. The second kappa shape index (κ2) is 21.2. The Morgan fingerprint density at radius 2 is 1.39 bits per heavy atom. The summed E-state index contributed by atoms with van der Waals surface area (Å²) in [4.78, 5) is 28.7. The van der Waals surface area contributed by atoms with Crippen molar-refractivity contribution >= 4 is 17.6 Å². The third-order valence-corrected chi connectivity index (χ3v) is 9.06. The molecule has 2 fully saturated rings. The van der Waals surface area contributed by atoms with Gasteiger partial charge in [-0.05, 0) is 69.5 Å². The van der Waals surface area contributed by atoms with Gasteiger partial charge in [-0.25, -0.2) is 4.79 Å². The van der Waals surface area contributed by atoms with Gasteiger partial charge in [0, 0.05) is 26.3 Å². The normalized spacial score (nSPS) is 27.9. The van der Waals surface area contributed by atoms with Gasteiger partial charge in [-0.15, -0.1) is 0 Å². The van der Waals surface area contributed by atoms with E-state index in [2.05, 4.69) is 5.32 Å². The lowest BCUT2D eigenvalue weighted by Gasteiger charge is -2.42. The first kappa shape index (κ1) is 45.1. The highest BCUT2D eigenvalue weighted by Crippen LogP contribution is 2.30. The molecule has 1 amide bonds. The molecule has 0 bridgehead atoms. The molecule has 0 aromatic heterocycles. The molecule has 314 valence electrons. The molecular formula is C39H58N2O15. The third kappa shape index (κ3) is 12.0. The maximum absolute atomic E-state index is 13.4. The van der Waals surface area contributed by atoms with Crippen LogP contribution in [0.25, 0.3) is 0 Å². The van der Waals surface area contributed by atoms with Crippen LogP contribution in [-0.4, -0.2) is 154 Å². The highest BCUT2D eigenvalue weighted by atomic mass is 16.7. The fraction of sp³-hybridized carbons (Fsp3) is 0.641. The SMILES string of the molecule is COc1ccc(CCNC(=O)C2O[C@@H](OCCO[C@@H]3C(C(=O)OCc4cccc(N(C)C)c4)O[C@@H](OC(C)C)[C@@H](O)[C@H]3O)[C@@H](O)[C@@H](O)[C@@H]2OC(C)C)cc1OC. The number of carbonyl (C=O) groups is 2. The zero-order valence-electron chi connectivity index (χ0n) is 33.2. The zero-order chi connectivity index (χ0) is 41.1. The van der Waals surface area contributed by atoms with E-state index in [0.29, 0.717) is 23.5 Å². The number of carbonyl (C=O) groups excluding carboxylic acids is 2. The number of methoxy groups -OCH3 is 2. The number of benzene rings is 2. The van der Waals surface area contributed by atoms with E-state index in [1.165, 1.54) is 14.2 Å². The molecule has 17 heteroatoms. The van der Waals surface area contributed by atoms with Crippen molar-refractivity contribution in [3.8, 4) is 11.5 Å². The minimum Gasteiger partial charge on any atom is -0.493 e. The van der Waals surface area contributed by atoms with Crippen molar-refractivity contribution in [3.63, 3.8) is 0 Å². The summed E-state index contributed by atoms with van der Waals surface area (Å²) in [6, 6.07) is 12.8. The summed E-state index contributed by atoms with van der Waals surface area (Å²) < 4.78 is 50.9. The number of aliphatic hydroxyl groups is 4. The number of amides is 1. The fourth-order valence-electron chi connectivity index (χ4n) is 6.22. The van der Waals surface area contributed by atoms with Gasteiger partial charge >= 0.3 is 5.97 Å². The lowest BCUT2D eigenvalue weighted by atomic mass is 9.97. The van der Waals surface area contributed by atoms with Crippen molar-refractivity contribution in [2.75, 3.05) is 53.0 Å². The van der Waals surface area contributed by atoms with E-state index in [9.17, 15) is 30.0 Å². The molecule has 2 heterocycles. The monoisotopic (exact) mass is 794 g/mol. The van der Waals surface area contributed by atoms with E-state index < -0.39 is 85.5 Å². The predicted molar refractivity (Wildman–Crippen MR) is 200 cm³/mol. The van der Waals surface area contributed by atoms with Crippen LogP contribution in [0.15, 0.2) is 42.5 Å². The van der Waals surface area contributed by atoms with Gasteiger partial charge in [0.05, 0.1) is 39.6 Å². The highest BCUT2D eigenvalue weighted by molar-refractivity contribution is 5.81. The largest absolute Gasteiger partial charge is 0.493 e. The molecule has 2 aliphatic rings. The van der Waals surface area contributed by atoms with Crippen LogP contribution in [0.4, 0.5) is 5.69 Å². The summed E-state index contributed by atoms with van der Waals surface area (Å²) in [6.45, 7) is 6.34. The number of anilines is 1. The van der Waals surface area contributed by atoms with Crippen LogP contribution < -0.4 is 19.7 Å². The van der Waals surface area contributed by atoms with Gasteiger partial charge in [-0.2, -0.15) is 0 Å². The Bertz CT molecular complexity index is 1540. The van der Waals surface area contributed by atoms with Crippen LogP contribution in [0.1, 0.15) is 38.8 Å². The van der Waals surface area contributed by atoms with Gasteiger partial charge in [0.25, 0.3) is 5.91 Å². The van der Waals surface area contributed by atoms with E-state index in [-0.39, 0.29) is 26.4 Å². The van der Waals surface area contributed by atoms with E-state index in [4.69, 9.17) is 42.6 Å². The summed E-state index contributed by atoms with van der Waals surface area (Å²) in [5, 5.41) is 46.7. The molecule has 2 aromatic rings. The smallest absolute Gasteiger partial charge is 0.338 e. The van der Waals surface area contributed by atoms with Gasteiger partial charge < -0.3 is 73.3 Å². The first-order chi connectivity index (χ1) is 26.6. The van der Waals surface area contributed by atoms with Crippen LogP contribution in [0.2, 0.25) is 0 Å². The number of nitrogens with one attached hydrogen (secondary N) is 1. The Kier molecular flexibility index (Phi) is 17.1. The van der Waals surface area contributed by atoms with Crippen LogP contribution >= 0.6 is 0 Å². The van der Waals surface area contributed by atoms with E-state index in [0.717, 1.165) is 11.3 Å². The summed E-state index contributed by atoms with van der Waals surface area (Å²) in [6.07, 6.45) is -15.2. The number of esters is 1. The van der Waals surface area contributed by atoms with Crippen LogP contribution in [0.3, 0.4) is 0 Å². The molecule has 2 aliphatic heterocycles. The Balaban J connectivity index is 1.39. The van der Waals surface area contributed by atoms with Gasteiger partial charge in [0.1, 0.15) is 43.2 Å². The molecule has 10 atom stereocenters. The van der Waals surface area contributed by atoms with E-state index >= 15 is 0 Å². The van der Waals surface area contributed by atoms with Crippen molar-refractivity contribution in [1.82, 2.24) is 5.32 Å². The molecule has 0 aliphatic carbocycles. The van der Waals surface area contributed by atoms with Crippen molar-refractivity contribution in [2.24, 2.45) is 0 Å². The van der Waals surface area contributed by atoms with E-state index in [1.807, 2.05) is 43.3 Å². The summed E-state index contributed by atoms with van der Waals surface area (Å²) >= 11 is 0. The summed E-state index contributed by atoms with van der Waals surface area (Å²) in [5.74, 6) is -0.350. The topological polar surface area (TPSA) is 213 Å². The van der Waals surface area contributed by atoms with E-state index in [1.54, 1.807) is 45.9 Å². The molecule has 0 radical (unpaired) electrons. The number of aliphatic hydroxyl groups excluding tert-OH is 4. The number of rotatable bonds is 19. The number of hydrogen-bond donors (Lipinski definition) is 5. The van der Waals surface area contributed by atoms with Crippen molar-refractivity contribution in [1.29, 1.82) is 0 Å². The molecule has 56 heavy (non-hydrogen) atoms. The van der Waals surface area contributed by atoms with Crippen molar-refractivity contribution in [3.05, 3.63) is 53.6 Å². The summed E-state index contributed by atoms with van der Waals surface area (Å²) in [5.41, 5.74) is 2.48. The van der Waals surface area contributed by atoms with Crippen molar-refractivity contribution < 1.29 is 72.6 Å². The Morgan fingerprint density at radius 3 is 2.05 bits per heavy atom. The molecule has 17 nitrogen and oxygen atoms in total. The van der Waals surface area contributed by atoms with Crippen molar-refractivity contribution in [2.45, 2.75) is 114 Å². The lowest BCUT2D eigenvalue weighted by Crippen LogP contribution is -2.63. The molecule has 4 rings (SSSR count). The minimum atomic E-state index is -1.64. The average molecular weight is 795 g/mol. The Hall–Kier alpha value is -3.62. The number of nitrogens with zero attached hydrogens (tertiary/aromatic N) is 1. The van der Waals surface area contributed by atoms with Crippen LogP contribution in [0, 0.1) is 0 Å². The van der Waals surface area contributed by atoms with Gasteiger partial charge in [-0.1, -0.05) is 18.2 Å². The maximum atomic E-state index is 13.4. The van der Waals surface area contributed by atoms with Crippen LogP contribution in [-0.2, 0) is 55.8 Å². The highest BCUT2D eigenvalue weighted by Gasteiger charge is 2.51. The number of ether oxygens (including phenoxy) is 9. The standard InChI is InChI=1S/C39H58N2O15/c1-21(2)53-33-29(43)30(44)38(55-34(33)36(46)40-15-14-23-12-13-26(48-7)27(19-23)49-8)51-17-16-50-32-28(42)31(45)39(54-22(3)4)56-35(32)37(47)52-20-24-10-9-11-25(18-24)41(5)6/h9-13,18-19,21-22,28-35,38-39,42-45H,14-17,20H2,1-8H3,(H,40,46)/t28-,29-,30+,31+,32+,33+,34?,35?,38-,39-/m1/s1. The molecule has 2 saturated heterocycles. The Labute approximate surface area is 327 Å². The fourth-order valence-corrected chi connectivity index (χ4v) is 6.22. The third-order valence-electron chi connectivity index (χ3n) is 9.06. The van der Waals surface area contributed by atoms with Crippen LogP contribution in [0.5, 0.6) is 11.5 Å². The second-order valence-electron chi connectivity index (χ2n) is 14.3. The molecular weight excluding hydrogens is 736 g/mol. The molecule has 2 unspecified atom stereocenters. The average Bonchev–Trinajstić information content (AvgIpc) is 3.16. The van der Waals surface area contributed by atoms with Gasteiger partial charge in [-0.3, -0.25) is 4.79 Å². The number of hydrogen-bond acceptors (Lipinski definition) is 16. The molecule has 2 aromatic carbocycles. The minimum absolute atomic E-state index is 0.101. The molecule has 0 saturated carbocycles. The quantitative estimate of drug-likeness (QED) is 0.0978.